The van der Waals surface area contributed by atoms with Gasteiger partial charge in [0.05, 0.1) is 16.6 Å². The van der Waals surface area contributed by atoms with Crippen LogP contribution in [-0.4, -0.2) is 15.0 Å². The predicted octanol–water partition coefficient (Wildman–Crippen LogP) is 4.37. The lowest BCUT2D eigenvalue weighted by atomic mass is 10.1. The third kappa shape index (κ3) is 3.08. The lowest BCUT2D eigenvalue weighted by molar-refractivity contribution is 0.783. The predicted molar refractivity (Wildman–Crippen MR) is 78.5 cm³/mol. The molecule has 0 atom stereocenters. The van der Waals surface area contributed by atoms with E-state index in [1.165, 1.54) is 0 Å². The first kappa shape index (κ1) is 13.9. The van der Waals surface area contributed by atoms with Crippen molar-refractivity contribution in [2.45, 2.75) is 33.1 Å². The van der Waals surface area contributed by atoms with Crippen LogP contribution in [0.5, 0.6) is 0 Å². The second kappa shape index (κ2) is 5.63. The van der Waals surface area contributed by atoms with Crippen LogP contribution in [0.25, 0.3) is 0 Å². The molecule has 0 amide bonds. The van der Waals surface area contributed by atoms with E-state index in [0.29, 0.717) is 17.5 Å². The summed E-state index contributed by atoms with van der Waals surface area (Å²) in [4.78, 5) is 13.3. The molecule has 0 aliphatic heterocycles. The molecule has 0 unspecified atom stereocenters. The van der Waals surface area contributed by atoms with Gasteiger partial charge in [0.15, 0.2) is 0 Å². The molecule has 0 fully saturated rings. The third-order valence-corrected chi connectivity index (χ3v) is 4.66. The fourth-order valence-electron chi connectivity index (χ4n) is 1.56. The lowest BCUT2D eigenvalue weighted by Gasteiger charge is -2.10. The molecule has 0 spiro atoms. The molecule has 0 aliphatic carbocycles. The maximum atomic E-state index is 6.12. The van der Waals surface area contributed by atoms with Crippen LogP contribution in [0.1, 0.15) is 42.0 Å². The Morgan fingerprint density at radius 1 is 1.33 bits per heavy atom. The van der Waals surface area contributed by atoms with Crippen molar-refractivity contribution in [1.29, 1.82) is 0 Å². The van der Waals surface area contributed by atoms with E-state index in [1.807, 2.05) is 12.3 Å². The number of thiazole rings is 1. The average Bonchev–Trinajstić information content (AvgIpc) is 2.68. The van der Waals surface area contributed by atoms with E-state index in [0.717, 1.165) is 26.7 Å². The van der Waals surface area contributed by atoms with Gasteiger partial charge in [0.2, 0.25) is 0 Å². The van der Waals surface area contributed by atoms with Gasteiger partial charge in [0.1, 0.15) is 16.0 Å². The van der Waals surface area contributed by atoms with Crippen molar-refractivity contribution in [3.8, 4) is 0 Å². The van der Waals surface area contributed by atoms with Crippen molar-refractivity contribution in [1.82, 2.24) is 15.0 Å². The molecule has 18 heavy (non-hydrogen) atoms. The minimum Gasteiger partial charge on any atom is -0.246 e. The van der Waals surface area contributed by atoms with Crippen molar-refractivity contribution in [3.63, 3.8) is 0 Å². The number of hydrogen-bond donors (Lipinski definition) is 0. The average molecular weight is 347 g/mol. The molecule has 0 saturated carbocycles. The van der Waals surface area contributed by atoms with Gasteiger partial charge in [0.25, 0.3) is 0 Å². The summed E-state index contributed by atoms with van der Waals surface area (Å²) in [6.45, 7) is 6.15. The topological polar surface area (TPSA) is 38.7 Å². The molecule has 96 valence electrons. The number of halogens is 2. The Morgan fingerprint density at radius 2 is 2.06 bits per heavy atom. The quantitative estimate of drug-likeness (QED) is 0.775. The normalized spacial score (nSPS) is 11.2. The Morgan fingerprint density at radius 3 is 2.61 bits per heavy atom. The fourth-order valence-corrected chi connectivity index (χ4v) is 3.16. The number of hydrogen-bond acceptors (Lipinski definition) is 4. The summed E-state index contributed by atoms with van der Waals surface area (Å²) in [6.07, 6.45) is 0.630. The van der Waals surface area contributed by atoms with E-state index in [-0.39, 0.29) is 0 Å². The molecular weight excluding hydrogens is 334 g/mol. The zero-order chi connectivity index (χ0) is 13.3. The second-order valence-corrected chi connectivity index (χ2v) is 6.44. The Balaban J connectivity index is 2.34. The van der Waals surface area contributed by atoms with Gasteiger partial charge >= 0.3 is 0 Å². The minimum atomic E-state index is 0.302. The largest absolute Gasteiger partial charge is 0.246 e. The van der Waals surface area contributed by atoms with Gasteiger partial charge in [-0.2, -0.15) is 0 Å². The van der Waals surface area contributed by atoms with E-state index in [1.54, 1.807) is 11.3 Å². The summed E-state index contributed by atoms with van der Waals surface area (Å²) in [5.74, 6) is 1.03. The molecule has 6 heteroatoms. The highest BCUT2D eigenvalue weighted by molar-refractivity contribution is 9.10. The van der Waals surface area contributed by atoms with Crippen molar-refractivity contribution in [2.75, 3.05) is 0 Å². The van der Waals surface area contributed by atoms with E-state index in [9.17, 15) is 0 Å². The highest BCUT2D eigenvalue weighted by atomic mass is 79.9. The minimum absolute atomic E-state index is 0.302. The molecule has 2 aromatic heterocycles. The first-order chi connectivity index (χ1) is 8.47. The van der Waals surface area contributed by atoms with Crippen molar-refractivity contribution >= 4 is 38.9 Å². The van der Waals surface area contributed by atoms with E-state index in [4.69, 9.17) is 11.6 Å². The molecule has 2 aromatic rings. The number of aryl methyl sites for hydroxylation is 1. The Labute approximate surface area is 124 Å². The highest BCUT2D eigenvalue weighted by Gasteiger charge is 2.14. The van der Waals surface area contributed by atoms with Gasteiger partial charge < -0.3 is 0 Å². The molecule has 2 heterocycles. The summed E-state index contributed by atoms with van der Waals surface area (Å²) >= 11 is 11.2. The van der Waals surface area contributed by atoms with Crippen LogP contribution in [0.4, 0.5) is 0 Å². The van der Waals surface area contributed by atoms with Crippen LogP contribution in [0.15, 0.2) is 9.85 Å². The van der Waals surface area contributed by atoms with Crippen LogP contribution in [-0.2, 0) is 6.42 Å². The molecule has 2 rings (SSSR count). The fraction of sp³-hybridized carbons (Fsp3) is 0.417. The van der Waals surface area contributed by atoms with Crippen LogP contribution in [0.3, 0.4) is 0 Å². The SMILES string of the molecule is Cc1csc(Cc2nc(Cl)c(Br)c(C(C)C)n2)n1. The summed E-state index contributed by atoms with van der Waals surface area (Å²) in [6, 6.07) is 0. The molecular formula is C12H13BrClN3S. The van der Waals surface area contributed by atoms with Crippen LogP contribution < -0.4 is 0 Å². The van der Waals surface area contributed by atoms with Crippen LogP contribution in [0, 0.1) is 6.92 Å². The molecule has 0 bridgehead atoms. The van der Waals surface area contributed by atoms with Crippen LogP contribution in [0.2, 0.25) is 5.15 Å². The molecule has 0 saturated heterocycles. The van der Waals surface area contributed by atoms with Crippen molar-refractivity contribution in [2.24, 2.45) is 0 Å². The first-order valence-electron chi connectivity index (χ1n) is 5.60. The maximum absolute atomic E-state index is 6.12. The van der Waals surface area contributed by atoms with Gasteiger partial charge in [-0.3, -0.25) is 0 Å². The Bertz CT molecular complexity index is 568. The molecule has 0 aliphatic rings. The molecule has 0 aromatic carbocycles. The zero-order valence-electron chi connectivity index (χ0n) is 10.4. The smallest absolute Gasteiger partial charge is 0.147 e. The third-order valence-electron chi connectivity index (χ3n) is 2.41. The van der Waals surface area contributed by atoms with Gasteiger partial charge in [-0.25, -0.2) is 15.0 Å². The van der Waals surface area contributed by atoms with Crippen LogP contribution >= 0.6 is 38.9 Å². The molecule has 0 radical (unpaired) electrons. The molecule has 3 nitrogen and oxygen atoms in total. The highest BCUT2D eigenvalue weighted by Crippen LogP contribution is 2.29. The summed E-state index contributed by atoms with van der Waals surface area (Å²) in [5, 5.41) is 3.51. The molecule has 0 N–H and O–H groups in total. The van der Waals surface area contributed by atoms with Gasteiger partial charge in [-0.05, 0) is 28.8 Å². The van der Waals surface area contributed by atoms with Gasteiger partial charge in [-0.15, -0.1) is 11.3 Å². The number of rotatable bonds is 3. The Hall–Kier alpha value is -0.520. The number of aromatic nitrogens is 3. The second-order valence-electron chi connectivity index (χ2n) is 4.34. The van der Waals surface area contributed by atoms with Crippen molar-refractivity contribution in [3.05, 3.63) is 37.2 Å². The number of nitrogens with zero attached hydrogens (tertiary/aromatic N) is 3. The zero-order valence-corrected chi connectivity index (χ0v) is 13.5. The van der Waals surface area contributed by atoms with E-state index in [2.05, 4.69) is 44.7 Å². The summed E-state index contributed by atoms with van der Waals surface area (Å²) in [7, 11) is 0. The van der Waals surface area contributed by atoms with Crippen molar-refractivity contribution < 1.29 is 0 Å². The lowest BCUT2D eigenvalue weighted by Crippen LogP contribution is -2.04. The summed E-state index contributed by atoms with van der Waals surface area (Å²) < 4.78 is 0.790. The van der Waals surface area contributed by atoms with Gasteiger partial charge in [0, 0.05) is 11.1 Å². The standard InChI is InChI=1S/C12H13BrClN3S/c1-6(2)11-10(13)12(14)17-8(16-11)4-9-15-7(3)5-18-9/h5-6H,4H2,1-3H3. The maximum Gasteiger partial charge on any atom is 0.147 e. The van der Waals surface area contributed by atoms with Gasteiger partial charge in [-0.1, -0.05) is 25.4 Å². The first-order valence-corrected chi connectivity index (χ1v) is 7.65. The monoisotopic (exact) mass is 345 g/mol. The Kier molecular flexibility index (Phi) is 4.35. The van der Waals surface area contributed by atoms with E-state index >= 15 is 0 Å². The van der Waals surface area contributed by atoms with E-state index < -0.39 is 0 Å². The summed E-state index contributed by atoms with van der Waals surface area (Å²) in [5.41, 5.74) is 1.97.